The maximum absolute atomic E-state index is 12.3. The van der Waals surface area contributed by atoms with Crippen LogP contribution in [0.5, 0.6) is 5.75 Å². The average molecular weight is 348 g/mol. The Morgan fingerprint density at radius 3 is 2.58 bits per heavy atom. The molecule has 24 heavy (non-hydrogen) atoms. The van der Waals surface area contributed by atoms with Gasteiger partial charge in [-0.25, -0.2) is 4.79 Å². The summed E-state index contributed by atoms with van der Waals surface area (Å²) in [5.74, 6) is -0.559. The van der Waals surface area contributed by atoms with Crippen molar-refractivity contribution in [1.29, 1.82) is 0 Å². The van der Waals surface area contributed by atoms with E-state index >= 15 is 0 Å². The number of anilines is 1. The first-order chi connectivity index (χ1) is 11.5. The lowest BCUT2D eigenvalue weighted by Crippen LogP contribution is -2.13. The number of halogens is 1. The molecule has 0 saturated heterocycles. The van der Waals surface area contributed by atoms with Crippen LogP contribution in [0.4, 0.5) is 5.69 Å². The predicted molar refractivity (Wildman–Crippen MR) is 93.1 cm³/mol. The van der Waals surface area contributed by atoms with Crippen molar-refractivity contribution in [3.05, 3.63) is 58.1 Å². The monoisotopic (exact) mass is 347 g/mol. The number of benzene rings is 2. The van der Waals surface area contributed by atoms with Crippen molar-refractivity contribution in [2.75, 3.05) is 19.0 Å². The average Bonchev–Trinajstić information content (AvgIpc) is 2.56. The highest BCUT2D eigenvalue weighted by Gasteiger charge is 2.18. The van der Waals surface area contributed by atoms with Crippen LogP contribution in [0.3, 0.4) is 0 Å². The fourth-order valence-electron chi connectivity index (χ4n) is 2.17. The van der Waals surface area contributed by atoms with Crippen molar-refractivity contribution in [2.24, 2.45) is 0 Å². The quantitative estimate of drug-likeness (QED) is 0.827. The predicted octanol–water partition coefficient (Wildman–Crippen LogP) is 4.09. The highest BCUT2D eigenvalue weighted by atomic mass is 35.5. The molecule has 0 aliphatic rings. The molecule has 5 nitrogen and oxygen atoms in total. The molecule has 1 amide bonds. The molecule has 0 saturated carbocycles. The van der Waals surface area contributed by atoms with Gasteiger partial charge in [-0.1, -0.05) is 29.3 Å². The topological polar surface area (TPSA) is 64.6 Å². The van der Waals surface area contributed by atoms with Gasteiger partial charge in [0.2, 0.25) is 0 Å². The number of rotatable bonds is 5. The Hall–Kier alpha value is -2.53. The third-order valence-electron chi connectivity index (χ3n) is 3.31. The molecule has 2 aromatic rings. The summed E-state index contributed by atoms with van der Waals surface area (Å²) in [6.45, 7) is 3.86. The van der Waals surface area contributed by atoms with E-state index in [0.717, 1.165) is 5.56 Å². The molecule has 0 fully saturated rings. The molecule has 2 aromatic carbocycles. The van der Waals surface area contributed by atoms with Crippen LogP contribution in [-0.2, 0) is 4.74 Å². The Bertz CT molecular complexity index is 774. The van der Waals surface area contributed by atoms with Crippen LogP contribution >= 0.6 is 11.6 Å². The molecule has 0 aliphatic heterocycles. The number of methoxy groups -OCH3 is 1. The maximum atomic E-state index is 12.3. The number of carbonyl (C=O) groups excluding carboxylic acids is 2. The first-order valence-corrected chi connectivity index (χ1v) is 7.76. The van der Waals surface area contributed by atoms with E-state index in [2.05, 4.69) is 5.32 Å². The zero-order chi connectivity index (χ0) is 17.7. The Morgan fingerprint density at radius 2 is 1.96 bits per heavy atom. The molecule has 0 aliphatic carbocycles. The van der Waals surface area contributed by atoms with Crippen molar-refractivity contribution in [1.82, 2.24) is 0 Å². The molecule has 1 N–H and O–H groups in total. The molecule has 0 aromatic heterocycles. The van der Waals surface area contributed by atoms with E-state index in [-0.39, 0.29) is 28.8 Å². The third kappa shape index (κ3) is 4.06. The number of nitrogens with one attached hydrogen (secondary N) is 1. The molecule has 126 valence electrons. The summed E-state index contributed by atoms with van der Waals surface area (Å²) in [5.41, 5.74) is 2.05. The van der Waals surface area contributed by atoms with E-state index in [1.807, 2.05) is 13.0 Å². The fourth-order valence-corrected chi connectivity index (χ4v) is 2.38. The maximum Gasteiger partial charge on any atom is 0.341 e. The van der Waals surface area contributed by atoms with Gasteiger partial charge in [-0.15, -0.1) is 0 Å². The number of hydrogen-bond acceptors (Lipinski definition) is 4. The van der Waals surface area contributed by atoms with Crippen molar-refractivity contribution in [3.63, 3.8) is 0 Å². The first kappa shape index (κ1) is 17.8. The van der Waals surface area contributed by atoms with Crippen molar-refractivity contribution in [2.45, 2.75) is 13.8 Å². The molecule has 0 bridgehead atoms. The number of ether oxygens (including phenoxy) is 2. The van der Waals surface area contributed by atoms with Crippen molar-refractivity contribution < 1.29 is 19.1 Å². The summed E-state index contributed by atoms with van der Waals surface area (Å²) >= 11 is 6.19. The summed E-state index contributed by atoms with van der Waals surface area (Å²) in [7, 11) is 1.43. The van der Waals surface area contributed by atoms with Gasteiger partial charge in [0.15, 0.2) is 0 Å². The normalized spacial score (nSPS) is 10.2. The van der Waals surface area contributed by atoms with E-state index in [4.69, 9.17) is 21.1 Å². The van der Waals surface area contributed by atoms with Gasteiger partial charge in [-0.05, 0) is 32.0 Å². The highest BCUT2D eigenvalue weighted by molar-refractivity contribution is 6.34. The van der Waals surface area contributed by atoms with E-state index < -0.39 is 5.97 Å². The van der Waals surface area contributed by atoms with Gasteiger partial charge in [0.25, 0.3) is 5.91 Å². The second-order valence-electron chi connectivity index (χ2n) is 5.08. The van der Waals surface area contributed by atoms with Crippen molar-refractivity contribution >= 4 is 29.2 Å². The zero-order valence-electron chi connectivity index (χ0n) is 13.7. The van der Waals surface area contributed by atoms with Gasteiger partial charge < -0.3 is 14.8 Å². The fraction of sp³-hybridized carbons (Fsp3) is 0.222. The molecule has 6 heteroatoms. The number of amides is 1. The van der Waals surface area contributed by atoms with Crippen LogP contribution in [0.1, 0.15) is 33.2 Å². The summed E-state index contributed by atoms with van der Waals surface area (Å²) in [6.07, 6.45) is 0. The van der Waals surface area contributed by atoms with Gasteiger partial charge in [-0.3, -0.25) is 4.79 Å². The highest BCUT2D eigenvalue weighted by Crippen LogP contribution is 2.31. The van der Waals surface area contributed by atoms with E-state index in [1.165, 1.54) is 19.2 Å². The van der Waals surface area contributed by atoms with Gasteiger partial charge in [0, 0.05) is 11.6 Å². The standard InChI is InChI=1S/C18H18ClNO4/c1-4-24-18(22)13-9-14(19)15(10-16(13)23-3)20-17(21)12-7-5-6-11(2)8-12/h5-10H,4H2,1-3H3,(H,20,21). The Labute approximate surface area is 145 Å². The third-order valence-corrected chi connectivity index (χ3v) is 3.63. The van der Waals surface area contributed by atoms with Gasteiger partial charge in [0.1, 0.15) is 11.3 Å². The van der Waals surface area contributed by atoms with Crippen LogP contribution in [0, 0.1) is 6.92 Å². The van der Waals surface area contributed by atoms with Crippen LogP contribution in [-0.4, -0.2) is 25.6 Å². The first-order valence-electron chi connectivity index (χ1n) is 7.39. The summed E-state index contributed by atoms with van der Waals surface area (Å²) in [6, 6.07) is 10.1. The lowest BCUT2D eigenvalue weighted by molar-refractivity contribution is 0.0522. The number of hydrogen-bond donors (Lipinski definition) is 1. The zero-order valence-corrected chi connectivity index (χ0v) is 14.4. The van der Waals surface area contributed by atoms with E-state index in [9.17, 15) is 9.59 Å². The second-order valence-corrected chi connectivity index (χ2v) is 5.48. The largest absolute Gasteiger partial charge is 0.496 e. The number of esters is 1. The van der Waals surface area contributed by atoms with Crippen LogP contribution in [0.25, 0.3) is 0 Å². The Kier molecular flexibility index (Phi) is 5.82. The molecule has 0 heterocycles. The summed E-state index contributed by atoms with van der Waals surface area (Å²) in [5, 5.41) is 2.95. The molecule has 2 rings (SSSR count). The number of aryl methyl sites for hydroxylation is 1. The van der Waals surface area contributed by atoms with Crippen LogP contribution in [0.15, 0.2) is 36.4 Å². The Balaban J connectivity index is 2.31. The lowest BCUT2D eigenvalue weighted by Gasteiger charge is -2.13. The molecule has 0 spiro atoms. The summed E-state index contributed by atoms with van der Waals surface area (Å²) in [4.78, 5) is 24.3. The SMILES string of the molecule is CCOC(=O)c1cc(Cl)c(NC(=O)c2cccc(C)c2)cc1OC. The van der Waals surface area contributed by atoms with Gasteiger partial charge >= 0.3 is 5.97 Å². The summed E-state index contributed by atoms with van der Waals surface area (Å²) < 4.78 is 10.2. The van der Waals surface area contributed by atoms with Gasteiger partial charge in [-0.2, -0.15) is 0 Å². The van der Waals surface area contributed by atoms with Gasteiger partial charge in [0.05, 0.1) is 24.4 Å². The van der Waals surface area contributed by atoms with Crippen molar-refractivity contribution in [3.8, 4) is 5.75 Å². The molecule has 0 atom stereocenters. The minimum atomic E-state index is -0.534. The smallest absolute Gasteiger partial charge is 0.341 e. The molecular formula is C18H18ClNO4. The van der Waals surface area contributed by atoms with Crippen LogP contribution < -0.4 is 10.1 Å². The minimum absolute atomic E-state index is 0.206. The lowest BCUT2D eigenvalue weighted by atomic mass is 10.1. The van der Waals surface area contributed by atoms with E-state index in [0.29, 0.717) is 11.3 Å². The number of carbonyl (C=O) groups is 2. The molecule has 0 radical (unpaired) electrons. The van der Waals surface area contributed by atoms with E-state index in [1.54, 1.807) is 25.1 Å². The molecular weight excluding hydrogens is 330 g/mol. The minimum Gasteiger partial charge on any atom is -0.496 e. The van der Waals surface area contributed by atoms with Crippen LogP contribution in [0.2, 0.25) is 5.02 Å². The second kappa shape index (κ2) is 7.84. The molecule has 0 unspecified atom stereocenters. The Morgan fingerprint density at radius 1 is 1.21 bits per heavy atom.